The summed E-state index contributed by atoms with van der Waals surface area (Å²) in [6.45, 7) is 0.863. The highest BCUT2D eigenvalue weighted by Crippen LogP contribution is 2.24. The SMILES string of the molecule is C1CCC(OC2CCSCCO2)C1. The molecule has 76 valence electrons. The van der Waals surface area contributed by atoms with Crippen LogP contribution in [0.25, 0.3) is 0 Å². The number of ether oxygens (including phenoxy) is 2. The van der Waals surface area contributed by atoms with E-state index in [-0.39, 0.29) is 6.29 Å². The lowest BCUT2D eigenvalue weighted by atomic mass is 10.3. The van der Waals surface area contributed by atoms with Gasteiger partial charge in [0.1, 0.15) is 0 Å². The maximum absolute atomic E-state index is 5.90. The van der Waals surface area contributed by atoms with Crippen LogP contribution < -0.4 is 0 Å². The molecule has 0 amide bonds. The smallest absolute Gasteiger partial charge is 0.158 e. The molecular formula is C10H18O2S. The van der Waals surface area contributed by atoms with Gasteiger partial charge in [-0.1, -0.05) is 12.8 Å². The van der Waals surface area contributed by atoms with E-state index < -0.39 is 0 Å². The van der Waals surface area contributed by atoms with Gasteiger partial charge < -0.3 is 9.47 Å². The molecular weight excluding hydrogens is 184 g/mol. The van der Waals surface area contributed by atoms with E-state index in [0.29, 0.717) is 6.10 Å². The van der Waals surface area contributed by atoms with Gasteiger partial charge in [0.15, 0.2) is 6.29 Å². The third-order valence-electron chi connectivity index (χ3n) is 2.68. The van der Waals surface area contributed by atoms with Gasteiger partial charge in [0.25, 0.3) is 0 Å². The Labute approximate surface area is 84.4 Å². The first-order chi connectivity index (χ1) is 6.45. The fourth-order valence-corrected chi connectivity index (χ4v) is 2.73. The molecule has 1 atom stereocenters. The minimum absolute atomic E-state index is 0.0955. The molecule has 0 radical (unpaired) electrons. The predicted octanol–water partition coefficient (Wildman–Crippen LogP) is 2.43. The standard InChI is InChI=1S/C10H18O2S/c1-2-4-9(3-1)12-10-5-7-13-8-6-11-10/h9-10H,1-8H2. The van der Waals surface area contributed by atoms with E-state index in [2.05, 4.69) is 0 Å². The quantitative estimate of drug-likeness (QED) is 0.685. The predicted molar refractivity (Wildman–Crippen MR) is 55.0 cm³/mol. The summed E-state index contributed by atoms with van der Waals surface area (Å²) in [5.41, 5.74) is 0. The van der Waals surface area contributed by atoms with Crippen molar-refractivity contribution in [3.63, 3.8) is 0 Å². The molecule has 1 heterocycles. The van der Waals surface area contributed by atoms with Crippen LogP contribution in [0.5, 0.6) is 0 Å². The highest BCUT2D eigenvalue weighted by atomic mass is 32.2. The fraction of sp³-hybridized carbons (Fsp3) is 1.00. The van der Waals surface area contributed by atoms with Gasteiger partial charge in [-0.05, 0) is 18.6 Å². The minimum Gasteiger partial charge on any atom is -0.352 e. The van der Waals surface area contributed by atoms with E-state index in [0.717, 1.165) is 18.8 Å². The number of hydrogen-bond acceptors (Lipinski definition) is 3. The molecule has 1 aliphatic heterocycles. The second kappa shape index (κ2) is 5.23. The van der Waals surface area contributed by atoms with Gasteiger partial charge in [-0.2, -0.15) is 11.8 Å². The van der Waals surface area contributed by atoms with Crippen molar-refractivity contribution >= 4 is 11.8 Å². The number of hydrogen-bond donors (Lipinski definition) is 0. The topological polar surface area (TPSA) is 18.5 Å². The molecule has 1 unspecified atom stereocenters. The van der Waals surface area contributed by atoms with E-state index in [4.69, 9.17) is 9.47 Å². The van der Waals surface area contributed by atoms with E-state index in [1.54, 1.807) is 0 Å². The van der Waals surface area contributed by atoms with Crippen molar-refractivity contribution in [2.45, 2.75) is 44.5 Å². The lowest BCUT2D eigenvalue weighted by Gasteiger charge is -2.20. The first kappa shape index (κ1) is 9.81. The van der Waals surface area contributed by atoms with Crippen LogP contribution in [0.3, 0.4) is 0 Å². The van der Waals surface area contributed by atoms with Crippen LogP contribution in [-0.4, -0.2) is 30.5 Å². The first-order valence-corrected chi connectivity index (χ1v) is 6.45. The molecule has 0 bridgehead atoms. The highest BCUT2D eigenvalue weighted by Gasteiger charge is 2.21. The zero-order valence-corrected chi connectivity index (χ0v) is 8.85. The van der Waals surface area contributed by atoms with Gasteiger partial charge in [-0.25, -0.2) is 0 Å². The van der Waals surface area contributed by atoms with Crippen LogP contribution in [-0.2, 0) is 9.47 Å². The van der Waals surface area contributed by atoms with Gasteiger partial charge in [0, 0.05) is 12.2 Å². The lowest BCUT2D eigenvalue weighted by molar-refractivity contribution is -0.164. The largest absolute Gasteiger partial charge is 0.352 e. The number of rotatable bonds is 2. The molecule has 0 spiro atoms. The minimum atomic E-state index is 0.0955. The van der Waals surface area contributed by atoms with Crippen LogP contribution >= 0.6 is 11.8 Å². The Bertz CT molecular complexity index is 138. The second-order valence-electron chi connectivity index (χ2n) is 3.74. The van der Waals surface area contributed by atoms with Crippen molar-refractivity contribution < 1.29 is 9.47 Å². The summed E-state index contributed by atoms with van der Waals surface area (Å²) in [7, 11) is 0. The molecule has 1 aliphatic carbocycles. The van der Waals surface area contributed by atoms with E-state index in [1.807, 2.05) is 11.8 Å². The van der Waals surface area contributed by atoms with Crippen molar-refractivity contribution in [1.82, 2.24) is 0 Å². The summed E-state index contributed by atoms with van der Waals surface area (Å²) in [5, 5.41) is 0. The van der Waals surface area contributed by atoms with E-state index in [9.17, 15) is 0 Å². The van der Waals surface area contributed by atoms with Crippen molar-refractivity contribution in [3.05, 3.63) is 0 Å². The summed E-state index contributed by atoms with van der Waals surface area (Å²) in [4.78, 5) is 0. The molecule has 13 heavy (non-hydrogen) atoms. The van der Waals surface area contributed by atoms with Crippen molar-refractivity contribution in [1.29, 1.82) is 0 Å². The normalized spacial score (nSPS) is 31.8. The van der Waals surface area contributed by atoms with Crippen LogP contribution in [0.4, 0.5) is 0 Å². The van der Waals surface area contributed by atoms with Crippen molar-refractivity contribution in [3.8, 4) is 0 Å². The third kappa shape index (κ3) is 3.15. The Morgan fingerprint density at radius 1 is 1.08 bits per heavy atom. The van der Waals surface area contributed by atoms with Gasteiger partial charge >= 0.3 is 0 Å². The average Bonchev–Trinajstić information content (AvgIpc) is 2.49. The summed E-state index contributed by atoms with van der Waals surface area (Å²) < 4.78 is 11.5. The molecule has 0 aromatic heterocycles. The summed E-state index contributed by atoms with van der Waals surface area (Å²) in [5.74, 6) is 2.32. The van der Waals surface area contributed by atoms with Gasteiger partial charge in [0.2, 0.25) is 0 Å². The van der Waals surface area contributed by atoms with Crippen LogP contribution in [0.2, 0.25) is 0 Å². The molecule has 2 aliphatic rings. The Balaban J connectivity index is 1.71. The number of thioether (sulfide) groups is 1. The molecule has 1 saturated heterocycles. The first-order valence-electron chi connectivity index (χ1n) is 5.30. The summed E-state index contributed by atoms with van der Waals surface area (Å²) >= 11 is 1.97. The van der Waals surface area contributed by atoms with Crippen LogP contribution in [0.1, 0.15) is 32.1 Å². The van der Waals surface area contributed by atoms with Crippen molar-refractivity contribution in [2.75, 3.05) is 18.1 Å². The maximum atomic E-state index is 5.90. The van der Waals surface area contributed by atoms with E-state index in [1.165, 1.54) is 31.4 Å². The Morgan fingerprint density at radius 2 is 1.92 bits per heavy atom. The van der Waals surface area contributed by atoms with Crippen LogP contribution in [0.15, 0.2) is 0 Å². The maximum Gasteiger partial charge on any atom is 0.158 e. The molecule has 1 saturated carbocycles. The molecule has 2 fully saturated rings. The third-order valence-corrected chi connectivity index (χ3v) is 3.66. The zero-order chi connectivity index (χ0) is 8.93. The summed E-state index contributed by atoms with van der Waals surface area (Å²) in [6, 6.07) is 0. The Morgan fingerprint density at radius 3 is 2.77 bits per heavy atom. The van der Waals surface area contributed by atoms with Gasteiger partial charge in [0.05, 0.1) is 12.7 Å². The molecule has 0 aromatic carbocycles. The van der Waals surface area contributed by atoms with E-state index >= 15 is 0 Å². The van der Waals surface area contributed by atoms with Crippen LogP contribution in [0, 0.1) is 0 Å². The zero-order valence-electron chi connectivity index (χ0n) is 8.04. The van der Waals surface area contributed by atoms with Gasteiger partial charge in [-0.3, -0.25) is 0 Å². The molecule has 3 heteroatoms. The summed E-state index contributed by atoms with van der Waals surface area (Å²) in [6.07, 6.45) is 6.82. The van der Waals surface area contributed by atoms with Gasteiger partial charge in [-0.15, -0.1) is 0 Å². The fourth-order valence-electron chi connectivity index (χ4n) is 1.95. The monoisotopic (exact) mass is 202 g/mol. The average molecular weight is 202 g/mol. The lowest BCUT2D eigenvalue weighted by Crippen LogP contribution is -2.23. The Kier molecular flexibility index (Phi) is 3.94. The highest BCUT2D eigenvalue weighted by molar-refractivity contribution is 7.99. The molecule has 0 N–H and O–H groups in total. The Hall–Kier alpha value is 0.270. The van der Waals surface area contributed by atoms with Crippen molar-refractivity contribution in [2.24, 2.45) is 0 Å². The molecule has 2 nitrogen and oxygen atoms in total. The second-order valence-corrected chi connectivity index (χ2v) is 4.97. The molecule has 0 aromatic rings. The molecule has 2 rings (SSSR count).